The fraction of sp³-hybridized carbons (Fsp3) is 0.500. The van der Waals surface area contributed by atoms with Gasteiger partial charge in [0.25, 0.3) is 0 Å². The maximum absolute atomic E-state index is 8.80. The van der Waals surface area contributed by atoms with Crippen LogP contribution >= 0.6 is 11.6 Å². The first-order chi connectivity index (χ1) is 9.01. The van der Waals surface area contributed by atoms with Crippen molar-refractivity contribution in [1.29, 1.82) is 5.26 Å². The minimum atomic E-state index is -0.0269. The minimum absolute atomic E-state index is 0.0269. The van der Waals surface area contributed by atoms with Crippen LogP contribution in [0.1, 0.15) is 12.7 Å². The van der Waals surface area contributed by atoms with Crippen LogP contribution in [0.4, 0.5) is 0 Å². The van der Waals surface area contributed by atoms with Gasteiger partial charge in [0.2, 0.25) is 0 Å². The van der Waals surface area contributed by atoms with Crippen molar-refractivity contribution in [3.63, 3.8) is 0 Å². The van der Waals surface area contributed by atoms with Gasteiger partial charge < -0.3 is 0 Å². The summed E-state index contributed by atoms with van der Waals surface area (Å²) in [6.07, 6.45) is 1.66. The molecule has 19 heavy (non-hydrogen) atoms. The lowest BCUT2D eigenvalue weighted by Crippen LogP contribution is -2.24. The normalized spacial score (nSPS) is 12.8. The average Bonchev–Trinajstić information content (AvgIpc) is 2.71. The van der Waals surface area contributed by atoms with Crippen molar-refractivity contribution in [3.8, 4) is 6.07 Å². The van der Waals surface area contributed by atoms with Gasteiger partial charge in [-0.25, -0.2) is 9.97 Å². The molecule has 2 aromatic heterocycles. The van der Waals surface area contributed by atoms with E-state index in [1.807, 2.05) is 25.9 Å². The van der Waals surface area contributed by atoms with E-state index in [2.05, 4.69) is 21.1 Å². The van der Waals surface area contributed by atoms with E-state index >= 15 is 0 Å². The fourth-order valence-electron chi connectivity index (χ4n) is 1.91. The molecule has 2 heterocycles. The summed E-state index contributed by atoms with van der Waals surface area (Å²) in [6, 6.07) is 2.20. The highest BCUT2D eigenvalue weighted by atomic mass is 35.5. The average molecular weight is 279 g/mol. The number of rotatable bonds is 4. The monoisotopic (exact) mass is 278 g/mol. The standard InChI is InChI=1S/C12H15ClN6/c1-8(4-14)6-18(2)7-10-16-11(13)9-5-15-19(3)12(9)17-10/h5,8H,6-7H2,1-3H3. The van der Waals surface area contributed by atoms with Gasteiger partial charge in [-0.05, 0) is 14.0 Å². The van der Waals surface area contributed by atoms with E-state index in [0.29, 0.717) is 24.1 Å². The van der Waals surface area contributed by atoms with E-state index < -0.39 is 0 Å². The van der Waals surface area contributed by atoms with Gasteiger partial charge in [0.05, 0.1) is 30.1 Å². The minimum Gasteiger partial charge on any atom is -0.298 e. The van der Waals surface area contributed by atoms with Crippen molar-refractivity contribution in [1.82, 2.24) is 24.6 Å². The number of hydrogen-bond donors (Lipinski definition) is 0. The van der Waals surface area contributed by atoms with Crippen molar-refractivity contribution in [3.05, 3.63) is 17.2 Å². The largest absolute Gasteiger partial charge is 0.298 e. The highest BCUT2D eigenvalue weighted by Gasteiger charge is 2.12. The third-order valence-corrected chi connectivity index (χ3v) is 3.10. The van der Waals surface area contributed by atoms with Crippen molar-refractivity contribution in [2.45, 2.75) is 13.5 Å². The van der Waals surface area contributed by atoms with Crippen LogP contribution in [-0.2, 0) is 13.6 Å². The van der Waals surface area contributed by atoms with Gasteiger partial charge in [-0.15, -0.1) is 0 Å². The zero-order valence-corrected chi connectivity index (χ0v) is 11.9. The molecule has 2 rings (SSSR count). The Kier molecular flexibility index (Phi) is 3.98. The molecular formula is C12H15ClN6. The molecule has 0 bridgehead atoms. The molecule has 0 aromatic carbocycles. The number of hydrogen-bond acceptors (Lipinski definition) is 5. The SMILES string of the molecule is CC(C#N)CN(C)Cc1nc(Cl)c2cnn(C)c2n1. The van der Waals surface area contributed by atoms with Gasteiger partial charge in [0.1, 0.15) is 11.0 Å². The molecule has 7 heteroatoms. The Hall–Kier alpha value is -1.71. The third-order valence-electron chi connectivity index (χ3n) is 2.81. The lowest BCUT2D eigenvalue weighted by atomic mass is 10.2. The highest BCUT2D eigenvalue weighted by molar-refractivity contribution is 6.33. The first-order valence-electron chi connectivity index (χ1n) is 5.93. The topological polar surface area (TPSA) is 70.6 Å². The Morgan fingerprint density at radius 1 is 1.53 bits per heavy atom. The van der Waals surface area contributed by atoms with E-state index in [0.717, 1.165) is 11.0 Å². The maximum atomic E-state index is 8.80. The zero-order valence-electron chi connectivity index (χ0n) is 11.1. The first-order valence-corrected chi connectivity index (χ1v) is 6.31. The highest BCUT2D eigenvalue weighted by Crippen LogP contribution is 2.19. The molecule has 0 N–H and O–H groups in total. The van der Waals surface area contributed by atoms with Crippen LogP contribution in [0.15, 0.2) is 6.20 Å². The molecule has 1 atom stereocenters. The lowest BCUT2D eigenvalue weighted by Gasteiger charge is -2.16. The second kappa shape index (κ2) is 5.51. The maximum Gasteiger partial charge on any atom is 0.162 e. The molecule has 1 unspecified atom stereocenters. The van der Waals surface area contributed by atoms with Crippen LogP contribution in [0, 0.1) is 17.2 Å². The number of aromatic nitrogens is 4. The van der Waals surface area contributed by atoms with Crippen molar-refractivity contribution < 1.29 is 0 Å². The van der Waals surface area contributed by atoms with Crippen molar-refractivity contribution in [2.24, 2.45) is 13.0 Å². The molecule has 0 aliphatic carbocycles. The predicted molar refractivity (Wildman–Crippen MR) is 72.4 cm³/mol. The smallest absolute Gasteiger partial charge is 0.162 e. The molecule has 6 nitrogen and oxygen atoms in total. The van der Waals surface area contributed by atoms with Crippen LogP contribution in [0.5, 0.6) is 0 Å². The van der Waals surface area contributed by atoms with Crippen LogP contribution in [-0.4, -0.2) is 38.2 Å². The molecule has 0 spiro atoms. The second-order valence-corrected chi connectivity index (χ2v) is 5.02. The Morgan fingerprint density at radius 3 is 2.95 bits per heavy atom. The summed E-state index contributed by atoms with van der Waals surface area (Å²) in [5, 5.41) is 14.1. The van der Waals surface area contributed by atoms with Gasteiger partial charge in [0.15, 0.2) is 5.65 Å². The molecule has 0 saturated carbocycles. The van der Waals surface area contributed by atoms with E-state index in [1.165, 1.54) is 0 Å². The lowest BCUT2D eigenvalue weighted by molar-refractivity contribution is 0.296. The Bertz CT molecular complexity index is 629. The molecule has 0 aliphatic rings. The molecule has 0 amide bonds. The molecular weight excluding hydrogens is 264 g/mol. The van der Waals surface area contributed by atoms with Gasteiger partial charge in [-0.3, -0.25) is 9.58 Å². The number of halogens is 1. The molecule has 100 valence electrons. The van der Waals surface area contributed by atoms with Gasteiger partial charge >= 0.3 is 0 Å². The third kappa shape index (κ3) is 3.00. The van der Waals surface area contributed by atoms with Crippen LogP contribution in [0.25, 0.3) is 11.0 Å². The first kappa shape index (κ1) is 13.7. The summed E-state index contributed by atoms with van der Waals surface area (Å²) in [5.41, 5.74) is 0.719. The van der Waals surface area contributed by atoms with E-state index in [9.17, 15) is 0 Å². The number of nitrogens with zero attached hydrogens (tertiary/aromatic N) is 6. The molecule has 0 fully saturated rings. The van der Waals surface area contributed by atoms with Crippen LogP contribution in [0.2, 0.25) is 5.15 Å². The summed E-state index contributed by atoms with van der Waals surface area (Å²) >= 11 is 6.12. The number of aryl methyl sites for hydroxylation is 1. The summed E-state index contributed by atoms with van der Waals surface area (Å²) < 4.78 is 1.67. The van der Waals surface area contributed by atoms with Crippen LogP contribution in [0.3, 0.4) is 0 Å². The summed E-state index contributed by atoms with van der Waals surface area (Å²) in [4.78, 5) is 10.7. The van der Waals surface area contributed by atoms with Crippen molar-refractivity contribution >= 4 is 22.6 Å². The van der Waals surface area contributed by atoms with Crippen molar-refractivity contribution in [2.75, 3.05) is 13.6 Å². The number of nitriles is 1. The molecule has 0 radical (unpaired) electrons. The van der Waals surface area contributed by atoms with E-state index in [4.69, 9.17) is 16.9 Å². The summed E-state index contributed by atoms with van der Waals surface area (Å²) in [5.74, 6) is 0.606. The summed E-state index contributed by atoms with van der Waals surface area (Å²) in [6.45, 7) is 3.10. The Morgan fingerprint density at radius 2 is 2.26 bits per heavy atom. The predicted octanol–water partition coefficient (Wildman–Crippen LogP) is 1.61. The van der Waals surface area contributed by atoms with Gasteiger partial charge in [0, 0.05) is 13.6 Å². The second-order valence-electron chi connectivity index (χ2n) is 4.66. The van der Waals surface area contributed by atoms with Gasteiger partial charge in [-0.2, -0.15) is 10.4 Å². The molecule has 0 aliphatic heterocycles. The summed E-state index contributed by atoms with van der Waals surface area (Å²) in [7, 11) is 3.75. The molecule has 0 saturated heterocycles. The zero-order chi connectivity index (χ0) is 14.0. The van der Waals surface area contributed by atoms with Gasteiger partial charge in [-0.1, -0.05) is 11.6 Å². The Balaban J connectivity index is 2.21. The van der Waals surface area contributed by atoms with E-state index in [-0.39, 0.29) is 5.92 Å². The van der Waals surface area contributed by atoms with Crippen LogP contribution < -0.4 is 0 Å². The number of fused-ring (bicyclic) bond motifs is 1. The molecule has 2 aromatic rings. The quantitative estimate of drug-likeness (QED) is 0.795. The Labute approximate surface area is 116 Å². The van der Waals surface area contributed by atoms with E-state index in [1.54, 1.807) is 10.9 Å². The fourth-order valence-corrected chi connectivity index (χ4v) is 2.15.